The monoisotopic (exact) mass is 362 g/mol. The van der Waals surface area contributed by atoms with Crippen molar-refractivity contribution in [3.05, 3.63) is 35.9 Å². The van der Waals surface area contributed by atoms with E-state index in [0.29, 0.717) is 5.56 Å². The zero-order chi connectivity index (χ0) is 16.7. The van der Waals surface area contributed by atoms with Gasteiger partial charge in [0, 0.05) is 24.3 Å². The van der Waals surface area contributed by atoms with Crippen LogP contribution < -0.4 is 4.90 Å². The Kier molecular flexibility index (Phi) is 4.81. The van der Waals surface area contributed by atoms with Gasteiger partial charge in [0.1, 0.15) is 11.3 Å². The van der Waals surface area contributed by atoms with E-state index in [0.717, 1.165) is 41.5 Å². The van der Waals surface area contributed by atoms with E-state index in [4.69, 9.17) is 0 Å². The van der Waals surface area contributed by atoms with Crippen LogP contribution in [0.4, 0.5) is 10.2 Å². The fraction of sp³-hybridized carbons (Fsp3) is 0.333. The van der Waals surface area contributed by atoms with E-state index in [1.807, 2.05) is 13.0 Å². The highest BCUT2D eigenvalue weighted by molar-refractivity contribution is 5.91. The summed E-state index contributed by atoms with van der Waals surface area (Å²) in [5, 5.41) is 9.37. The summed E-state index contributed by atoms with van der Waals surface area (Å²) >= 11 is 0. The zero-order valence-electron chi connectivity index (χ0n) is 13.9. The van der Waals surface area contributed by atoms with Crippen LogP contribution in [0.15, 0.2) is 24.3 Å². The van der Waals surface area contributed by atoms with E-state index in [9.17, 15) is 9.50 Å². The molecule has 0 radical (unpaired) electrons. The van der Waals surface area contributed by atoms with Crippen molar-refractivity contribution in [2.45, 2.75) is 26.2 Å². The van der Waals surface area contributed by atoms with E-state index < -0.39 is 5.82 Å². The average Bonchev–Trinajstić information content (AvgIpc) is 3.01. The first-order chi connectivity index (χ1) is 11.6. The van der Waals surface area contributed by atoms with Crippen molar-refractivity contribution in [1.82, 2.24) is 15.0 Å². The molecule has 0 atom stereocenters. The highest BCUT2D eigenvalue weighted by Crippen LogP contribution is 2.31. The molecule has 1 fully saturated rings. The molecule has 25 heavy (non-hydrogen) atoms. The number of phenolic OH excluding ortho intramolecular Hbond substituents is 1. The number of anilines is 1. The third-order valence-electron chi connectivity index (χ3n) is 4.48. The van der Waals surface area contributed by atoms with Gasteiger partial charge in [-0.1, -0.05) is 0 Å². The van der Waals surface area contributed by atoms with Crippen LogP contribution >= 0.6 is 12.4 Å². The Morgan fingerprint density at radius 1 is 1.12 bits per heavy atom. The number of benzene rings is 1. The number of rotatable bonds is 2. The van der Waals surface area contributed by atoms with Crippen molar-refractivity contribution in [3.63, 3.8) is 0 Å². The van der Waals surface area contributed by atoms with Crippen LogP contribution in [0.3, 0.4) is 0 Å². The number of piperidine rings is 1. The maximum atomic E-state index is 13.7. The van der Waals surface area contributed by atoms with E-state index in [1.165, 1.54) is 31.4 Å². The molecule has 132 valence electrons. The highest BCUT2D eigenvalue weighted by atomic mass is 35.5. The lowest BCUT2D eigenvalue weighted by Gasteiger charge is -2.28. The second-order valence-electron chi connectivity index (χ2n) is 6.25. The van der Waals surface area contributed by atoms with Gasteiger partial charge in [-0.05, 0) is 50.5 Å². The Hall–Kier alpha value is -2.34. The number of H-pyrrole nitrogens is 1. The minimum atomic E-state index is -0.635. The van der Waals surface area contributed by atoms with Gasteiger partial charge >= 0.3 is 0 Å². The molecule has 3 aromatic rings. The van der Waals surface area contributed by atoms with Crippen molar-refractivity contribution < 1.29 is 9.50 Å². The molecule has 3 heterocycles. The number of nitrogens with zero attached hydrogens (tertiary/aromatic N) is 3. The van der Waals surface area contributed by atoms with E-state index >= 15 is 0 Å². The van der Waals surface area contributed by atoms with Crippen LogP contribution in [-0.2, 0) is 0 Å². The molecule has 0 saturated carbocycles. The van der Waals surface area contributed by atoms with Gasteiger partial charge in [0.25, 0.3) is 0 Å². The van der Waals surface area contributed by atoms with Gasteiger partial charge in [0.2, 0.25) is 0 Å². The van der Waals surface area contributed by atoms with Gasteiger partial charge in [-0.3, -0.25) is 0 Å². The van der Waals surface area contributed by atoms with Crippen molar-refractivity contribution >= 4 is 29.3 Å². The van der Waals surface area contributed by atoms with Crippen LogP contribution in [0.2, 0.25) is 0 Å². The van der Waals surface area contributed by atoms with Crippen molar-refractivity contribution in [2.24, 2.45) is 0 Å². The molecule has 1 saturated heterocycles. The zero-order valence-corrected chi connectivity index (χ0v) is 14.7. The molecule has 2 aromatic heterocycles. The normalized spacial score (nSPS) is 14.6. The molecule has 0 aliphatic carbocycles. The van der Waals surface area contributed by atoms with Crippen molar-refractivity contribution in [2.75, 3.05) is 18.0 Å². The quantitative estimate of drug-likeness (QED) is 0.717. The Bertz CT molecular complexity index is 905. The number of aromatic hydroxyl groups is 1. The largest absolute Gasteiger partial charge is 0.505 e. The van der Waals surface area contributed by atoms with E-state index in [-0.39, 0.29) is 18.2 Å². The maximum Gasteiger partial charge on any atom is 0.165 e. The summed E-state index contributed by atoms with van der Waals surface area (Å²) in [7, 11) is 0. The summed E-state index contributed by atoms with van der Waals surface area (Å²) in [5.74, 6) is 0.664. The molecule has 7 heteroatoms. The lowest BCUT2D eigenvalue weighted by Crippen LogP contribution is -2.30. The molecule has 0 spiro atoms. The Balaban J connectivity index is 0.00000182. The van der Waals surface area contributed by atoms with Gasteiger partial charge in [-0.2, -0.15) is 0 Å². The summed E-state index contributed by atoms with van der Waals surface area (Å²) in [5.41, 5.74) is 3.14. The topological polar surface area (TPSA) is 65.0 Å². The van der Waals surface area contributed by atoms with E-state index in [2.05, 4.69) is 19.9 Å². The second kappa shape index (κ2) is 6.88. The maximum absolute atomic E-state index is 13.7. The van der Waals surface area contributed by atoms with Crippen LogP contribution in [0.25, 0.3) is 22.3 Å². The molecule has 5 nitrogen and oxygen atoms in total. The van der Waals surface area contributed by atoms with Crippen LogP contribution in [0, 0.1) is 12.7 Å². The number of phenols is 1. The van der Waals surface area contributed by atoms with Crippen LogP contribution in [0.1, 0.15) is 25.1 Å². The third-order valence-corrected chi connectivity index (χ3v) is 4.48. The lowest BCUT2D eigenvalue weighted by atomic mass is 10.1. The molecule has 0 bridgehead atoms. The summed E-state index contributed by atoms with van der Waals surface area (Å²) in [6, 6.07) is 6.27. The summed E-state index contributed by atoms with van der Waals surface area (Å²) < 4.78 is 13.7. The van der Waals surface area contributed by atoms with E-state index in [1.54, 1.807) is 6.07 Å². The van der Waals surface area contributed by atoms with Crippen molar-refractivity contribution in [3.8, 4) is 17.0 Å². The Labute approximate surface area is 151 Å². The molecule has 0 unspecified atom stereocenters. The van der Waals surface area contributed by atoms with Crippen LogP contribution in [-0.4, -0.2) is 33.1 Å². The number of aromatic nitrogens is 3. The molecule has 1 aliphatic rings. The summed E-state index contributed by atoms with van der Waals surface area (Å²) in [4.78, 5) is 14.8. The minimum absolute atomic E-state index is 0. The number of hydrogen-bond donors (Lipinski definition) is 2. The first-order valence-electron chi connectivity index (χ1n) is 8.23. The molecule has 0 amide bonds. The van der Waals surface area contributed by atoms with Crippen LogP contribution in [0.5, 0.6) is 5.75 Å². The number of hydrogen-bond acceptors (Lipinski definition) is 4. The first kappa shape index (κ1) is 17.5. The molecule has 4 rings (SSSR count). The third kappa shape index (κ3) is 3.26. The van der Waals surface area contributed by atoms with Gasteiger partial charge in [-0.25, -0.2) is 14.4 Å². The van der Waals surface area contributed by atoms with Gasteiger partial charge in [0.15, 0.2) is 17.4 Å². The molecule has 1 aliphatic heterocycles. The van der Waals surface area contributed by atoms with Gasteiger partial charge in [0.05, 0.1) is 5.52 Å². The summed E-state index contributed by atoms with van der Waals surface area (Å²) in [6.45, 7) is 3.88. The predicted molar refractivity (Wildman–Crippen MR) is 99.0 cm³/mol. The predicted octanol–water partition coefficient (Wildman–Crippen LogP) is 4.19. The average molecular weight is 363 g/mol. The Morgan fingerprint density at radius 2 is 1.88 bits per heavy atom. The number of aryl methyl sites for hydroxylation is 1. The van der Waals surface area contributed by atoms with Crippen molar-refractivity contribution in [1.29, 1.82) is 0 Å². The number of aromatic amines is 1. The van der Waals surface area contributed by atoms with Gasteiger partial charge < -0.3 is 15.0 Å². The fourth-order valence-electron chi connectivity index (χ4n) is 3.28. The highest BCUT2D eigenvalue weighted by Gasteiger charge is 2.18. The SMILES string of the molecule is Cc1nc(N2CCCCC2)c2[nH]c(-c3ccc(O)c(F)c3)cc2n1.Cl. The number of halogens is 2. The lowest BCUT2D eigenvalue weighted by molar-refractivity contribution is 0.432. The second-order valence-corrected chi connectivity index (χ2v) is 6.25. The molecule has 2 N–H and O–H groups in total. The number of nitrogens with one attached hydrogen (secondary N) is 1. The first-order valence-corrected chi connectivity index (χ1v) is 8.23. The summed E-state index contributed by atoms with van der Waals surface area (Å²) in [6.07, 6.45) is 3.59. The smallest absolute Gasteiger partial charge is 0.165 e. The minimum Gasteiger partial charge on any atom is -0.505 e. The molecular formula is C18H20ClFN4O. The fourth-order valence-corrected chi connectivity index (χ4v) is 3.28. The van der Waals surface area contributed by atoms with Gasteiger partial charge in [-0.15, -0.1) is 12.4 Å². The molecule has 1 aromatic carbocycles. The number of fused-ring (bicyclic) bond motifs is 1. The standard InChI is InChI=1S/C18H19FN4O.ClH/c1-11-20-15-10-14(12-5-6-16(24)13(19)9-12)22-17(15)18(21-11)23-7-3-2-4-8-23;/h5-6,9-10,22,24H,2-4,7-8H2,1H3;1H. The molecular weight excluding hydrogens is 343 g/mol. The Morgan fingerprint density at radius 3 is 2.60 bits per heavy atom.